The molecule has 2 aliphatic heterocycles. The van der Waals surface area contributed by atoms with Crippen LogP contribution in [0.4, 0.5) is 11.6 Å². The summed E-state index contributed by atoms with van der Waals surface area (Å²) in [5.74, 6) is 1.41. The summed E-state index contributed by atoms with van der Waals surface area (Å²) in [6.07, 6.45) is 7.76. The van der Waals surface area contributed by atoms with Gasteiger partial charge in [0.15, 0.2) is 5.65 Å². The highest BCUT2D eigenvalue weighted by Crippen LogP contribution is 2.33. The van der Waals surface area contributed by atoms with E-state index in [1.54, 1.807) is 26.4 Å². The summed E-state index contributed by atoms with van der Waals surface area (Å²) >= 11 is 0. The van der Waals surface area contributed by atoms with E-state index in [-0.39, 0.29) is 11.9 Å². The number of likely N-dealkylation sites (tertiary alicyclic amines) is 1. The molecule has 174 valence electrons. The van der Waals surface area contributed by atoms with Gasteiger partial charge in [-0.3, -0.25) is 4.79 Å². The van der Waals surface area contributed by atoms with Gasteiger partial charge in [0.25, 0.3) is 0 Å². The van der Waals surface area contributed by atoms with E-state index in [2.05, 4.69) is 39.5 Å². The largest absolute Gasteiger partial charge is 0.495 e. The van der Waals surface area contributed by atoms with Crippen LogP contribution in [-0.2, 0) is 24.3 Å². The fourth-order valence-electron chi connectivity index (χ4n) is 4.98. The summed E-state index contributed by atoms with van der Waals surface area (Å²) in [4.78, 5) is 25.6. The molecule has 0 aliphatic carbocycles. The summed E-state index contributed by atoms with van der Waals surface area (Å²) < 4.78 is 7.55. The molecule has 3 aromatic rings. The van der Waals surface area contributed by atoms with E-state index in [9.17, 15) is 4.79 Å². The van der Waals surface area contributed by atoms with Gasteiger partial charge in [0.2, 0.25) is 11.9 Å². The number of benzene rings is 1. The third kappa shape index (κ3) is 4.37. The predicted molar refractivity (Wildman–Crippen MR) is 127 cm³/mol. The van der Waals surface area contributed by atoms with Gasteiger partial charge in [0, 0.05) is 32.8 Å². The molecule has 0 saturated carbocycles. The topological polar surface area (TPSA) is 88.4 Å². The second-order valence-electron chi connectivity index (χ2n) is 9.10. The molecule has 1 saturated heterocycles. The van der Waals surface area contributed by atoms with E-state index >= 15 is 0 Å². The monoisotopic (exact) mass is 449 g/mol. The molecule has 2 aliphatic rings. The molecule has 0 bridgehead atoms. The van der Waals surface area contributed by atoms with Crippen LogP contribution in [0.2, 0.25) is 0 Å². The highest BCUT2D eigenvalue weighted by Gasteiger charge is 2.26. The van der Waals surface area contributed by atoms with Crippen LogP contribution >= 0.6 is 0 Å². The minimum absolute atomic E-state index is 0.123. The Morgan fingerprint density at radius 3 is 2.91 bits per heavy atom. The van der Waals surface area contributed by atoms with Gasteiger partial charge >= 0.3 is 0 Å². The van der Waals surface area contributed by atoms with Crippen LogP contribution < -0.4 is 10.1 Å². The van der Waals surface area contributed by atoms with E-state index in [4.69, 9.17) is 9.72 Å². The SMILES string of the molecule is COc1cc2c(cc1Nc1ncc3cnn(C[C@@H]4CCCCN4C(C)=O)c3n1)CN(C)CC2. The van der Waals surface area contributed by atoms with Crippen molar-refractivity contribution in [2.75, 3.05) is 32.6 Å². The van der Waals surface area contributed by atoms with Crippen LogP contribution in [0.25, 0.3) is 11.0 Å². The van der Waals surface area contributed by atoms with Crippen LogP contribution in [0.1, 0.15) is 37.3 Å². The number of nitrogens with zero attached hydrogens (tertiary/aromatic N) is 6. The maximum Gasteiger partial charge on any atom is 0.229 e. The van der Waals surface area contributed by atoms with Crippen LogP contribution in [0, 0.1) is 0 Å². The Labute approximate surface area is 193 Å². The molecule has 1 amide bonds. The Bertz CT molecular complexity index is 1180. The normalized spacial score (nSPS) is 18.9. The van der Waals surface area contributed by atoms with Crippen molar-refractivity contribution in [3.8, 4) is 5.75 Å². The Balaban J connectivity index is 1.42. The lowest BCUT2D eigenvalue weighted by Crippen LogP contribution is -2.44. The van der Waals surface area contributed by atoms with Gasteiger partial charge in [-0.05, 0) is 56.0 Å². The van der Waals surface area contributed by atoms with E-state index < -0.39 is 0 Å². The van der Waals surface area contributed by atoms with E-state index in [1.807, 2.05) is 9.58 Å². The summed E-state index contributed by atoms with van der Waals surface area (Å²) in [7, 11) is 3.82. The number of carbonyl (C=O) groups excluding carboxylic acids is 1. The smallest absolute Gasteiger partial charge is 0.229 e. The Hall–Kier alpha value is -3.20. The number of anilines is 2. The van der Waals surface area contributed by atoms with Crippen molar-refractivity contribution < 1.29 is 9.53 Å². The first-order valence-electron chi connectivity index (χ1n) is 11.6. The molecule has 33 heavy (non-hydrogen) atoms. The summed E-state index contributed by atoms with van der Waals surface area (Å²) in [5.41, 5.74) is 4.23. The first-order valence-corrected chi connectivity index (χ1v) is 11.6. The number of fused-ring (bicyclic) bond motifs is 2. The molecule has 1 aromatic carbocycles. The Kier molecular flexibility index (Phi) is 5.88. The van der Waals surface area contributed by atoms with Crippen LogP contribution in [0.15, 0.2) is 24.5 Å². The number of carbonyl (C=O) groups is 1. The minimum atomic E-state index is 0.123. The third-order valence-electron chi connectivity index (χ3n) is 6.76. The second-order valence-corrected chi connectivity index (χ2v) is 9.10. The van der Waals surface area contributed by atoms with Crippen molar-refractivity contribution in [3.05, 3.63) is 35.7 Å². The zero-order valence-electron chi connectivity index (χ0n) is 19.5. The van der Waals surface area contributed by atoms with Crippen molar-refractivity contribution in [3.63, 3.8) is 0 Å². The Morgan fingerprint density at radius 2 is 2.09 bits per heavy atom. The molecule has 9 nitrogen and oxygen atoms in total. The van der Waals surface area contributed by atoms with Crippen molar-refractivity contribution in [1.82, 2.24) is 29.5 Å². The molecule has 0 unspecified atom stereocenters. The lowest BCUT2D eigenvalue weighted by atomic mass is 9.99. The fraction of sp³-hybridized carbons (Fsp3) is 0.500. The van der Waals surface area contributed by atoms with E-state index in [0.717, 1.165) is 67.8 Å². The Morgan fingerprint density at radius 1 is 1.21 bits per heavy atom. The predicted octanol–water partition coefficient (Wildman–Crippen LogP) is 2.97. The number of aromatic nitrogens is 4. The van der Waals surface area contributed by atoms with Crippen molar-refractivity contribution in [2.24, 2.45) is 0 Å². The van der Waals surface area contributed by atoms with Gasteiger partial charge in [0.1, 0.15) is 5.75 Å². The number of rotatable bonds is 5. The molecule has 9 heteroatoms. The number of piperidine rings is 1. The van der Waals surface area contributed by atoms with Gasteiger partial charge in [0.05, 0.1) is 37.0 Å². The zero-order chi connectivity index (χ0) is 22.9. The van der Waals surface area contributed by atoms with Gasteiger partial charge in [-0.15, -0.1) is 0 Å². The van der Waals surface area contributed by atoms with Gasteiger partial charge < -0.3 is 19.9 Å². The maximum absolute atomic E-state index is 12.1. The van der Waals surface area contributed by atoms with Gasteiger partial charge in [-0.25, -0.2) is 9.67 Å². The highest BCUT2D eigenvalue weighted by molar-refractivity contribution is 5.76. The quantitative estimate of drug-likeness (QED) is 0.641. The van der Waals surface area contributed by atoms with Crippen LogP contribution in [-0.4, -0.2) is 68.7 Å². The lowest BCUT2D eigenvalue weighted by Gasteiger charge is -2.35. The lowest BCUT2D eigenvalue weighted by molar-refractivity contribution is -0.132. The molecule has 1 N–H and O–H groups in total. The average Bonchev–Trinajstić information content (AvgIpc) is 3.20. The molecule has 2 aromatic heterocycles. The van der Waals surface area contributed by atoms with Gasteiger partial charge in [-0.1, -0.05) is 0 Å². The van der Waals surface area contributed by atoms with E-state index in [1.165, 1.54) is 11.1 Å². The summed E-state index contributed by atoms with van der Waals surface area (Å²) in [5, 5.41) is 8.79. The number of hydrogen-bond donors (Lipinski definition) is 1. The molecular weight excluding hydrogens is 418 g/mol. The van der Waals surface area contributed by atoms with Crippen molar-refractivity contribution >= 4 is 28.6 Å². The average molecular weight is 450 g/mol. The molecule has 1 atom stereocenters. The number of likely N-dealkylation sites (N-methyl/N-ethyl adjacent to an activating group) is 1. The number of amides is 1. The van der Waals surface area contributed by atoms with Crippen molar-refractivity contribution in [1.29, 1.82) is 0 Å². The third-order valence-corrected chi connectivity index (χ3v) is 6.76. The van der Waals surface area contributed by atoms with Crippen LogP contribution in [0.3, 0.4) is 0 Å². The van der Waals surface area contributed by atoms with E-state index in [0.29, 0.717) is 12.5 Å². The number of methoxy groups -OCH3 is 1. The van der Waals surface area contributed by atoms with Gasteiger partial charge in [-0.2, -0.15) is 10.1 Å². The molecule has 4 heterocycles. The summed E-state index contributed by atoms with van der Waals surface area (Å²) in [6.45, 7) is 5.05. The number of nitrogens with one attached hydrogen (secondary N) is 1. The standard InChI is InChI=1S/C24H31N7O2/c1-16(32)30-8-5-4-6-20(30)15-31-23-19(13-26-31)12-25-24(28-23)27-21-10-18-14-29(2)9-7-17(18)11-22(21)33-3/h10-13,20H,4-9,14-15H2,1-3H3,(H,25,27,28)/t20-/m0/s1. The van der Waals surface area contributed by atoms with Crippen LogP contribution in [0.5, 0.6) is 5.75 Å². The number of ether oxygens (including phenoxy) is 1. The molecule has 0 radical (unpaired) electrons. The zero-order valence-corrected chi connectivity index (χ0v) is 19.5. The first-order chi connectivity index (χ1) is 16.0. The number of hydrogen-bond acceptors (Lipinski definition) is 7. The maximum atomic E-state index is 12.1. The molecule has 1 fully saturated rings. The molecular formula is C24H31N7O2. The second kappa shape index (κ2) is 8.97. The van der Waals surface area contributed by atoms with Crippen molar-refractivity contribution in [2.45, 2.75) is 51.7 Å². The first kappa shape index (κ1) is 21.6. The molecule has 0 spiro atoms. The highest BCUT2D eigenvalue weighted by atomic mass is 16.5. The fourth-order valence-corrected chi connectivity index (χ4v) is 4.98. The summed E-state index contributed by atoms with van der Waals surface area (Å²) in [6, 6.07) is 4.40. The minimum Gasteiger partial charge on any atom is -0.495 e. The molecule has 5 rings (SSSR count).